The van der Waals surface area contributed by atoms with Crippen molar-refractivity contribution < 1.29 is 29.7 Å². The number of hydrogen-bond acceptors (Lipinski definition) is 6. The molecule has 10 nitrogen and oxygen atoms in total. The van der Waals surface area contributed by atoms with Crippen molar-refractivity contribution in [2.75, 3.05) is 13.2 Å². The molecular weight excluding hydrogens is 440 g/mol. The van der Waals surface area contributed by atoms with Crippen LogP contribution in [0.25, 0.3) is 11.1 Å². The predicted molar refractivity (Wildman–Crippen MR) is 123 cm³/mol. The van der Waals surface area contributed by atoms with Crippen LogP contribution in [0.1, 0.15) is 33.0 Å². The molecule has 2 amide bonds. The number of aromatic amines is 1. The van der Waals surface area contributed by atoms with Gasteiger partial charge in [0.15, 0.2) is 11.8 Å². The Morgan fingerprint density at radius 3 is 2.29 bits per heavy atom. The second-order valence-electron chi connectivity index (χ2n) is 7.67. The SMILES string of the molecule is O=C(NCCO)c1cc(C(=O)NC(Cc2ccc(-c3ccccc3)cc2)CC(O)C(=O)O)[nH]n1. The van der Waals surface area contributed by atoms with E-state index in [0.29, 0.717) is 0 Å². The zero-order valence-electron chi connectivity index (χ0n) is 18.3. The first-order chi connectivity index (χ1) is 16.4. The van der Waals surface area contributed by atoms with Crippen LogP contribution >= 0.6 is 0 Å². The van der Waals surface area contributed by atoms with Crippen LogP contribution in [0.2, 0.25) is 0 Å². The fourth-order valence-corrected chi connectivity index (χ4v) is 3.39. The van der Waals surface area contributed by atoms with Gasteiger partial charge in [-0.3, -0.25) is 14.7 Å². The maximum atomic E-state index is 12.7. The van der Waals surface area contributed by atoms with Gasteiger partial charge >= 0.3 is 5.97 Å². The molecule has 0 spiro atoms. The Labute approximate surface area is 195 Å². The molecule has 3 rings (SSSR count). The highest BCUT2D eigenvalue weighted by atomic mass is 16.4. The summed E-state index contributed by atoms with van der Waals surface area (Å²) < 4.78 is 0. The molecule has 2 unspecified atom stereocenters. The fraction of sp³-hybridized carbons (Fsp3) is 0.250. The van der Waals surface area contributed by atoms with E-state index >= 15 is 0 Å². The van der Waals surface area contributed by atoms with Gasteiger partial charge in [0.2, 0.25) is 0 Å². The highest BCUT2D eigenvalue weighted by Gasteiger charge is 2.24. The molecule has 34 heavy (non-hydrogen) atoms. The number of benzene rings is 2. The second-order valence-corrected chi connectivity index (χ2v) is 7.67. The molecule has 0 bridgehead atoms. The lowest BCUT2D eigenvalue weighted by atomic mass is 9.97. The third kappa shape index (κ3) is 6.74. The molecule has 3 aromatic rings. The summed E-state index contributed by atoms with van der Waals surface area (Å²) >= 11 is 0. The topological polar surface area (TPSA) is 165 Å². The van der Waals surface area contributed by atoms with Gasteiger partial charge in [0, 0.05) is 25.1 Å². The van der Waals surface area contributed by atoms with Crippen molar-refractivity contribution in [3.8, 4) is 11.1 Å². The average molecular weight is 466 g/mol. The van der Waals surface area contributed by atoms with Crippen LogP contribution in [-0.4, -0.2) is 68.6 Å². The lowest BCUT2D eigenvalue weighted by Crippen LogP contribution is -2.40. The zero-order chi connectivity index (χ0) is 24.5. The molecule has 0 saturated heterocycles. The van der Waals surface area contributed by atoms with Gasteiger partial charge < -0.3 is 26.0 Å². The third-order valence-corrected chi connectivity index (χ3v) is 5.12. The molecule has 0 radical (unpaired) electrons. The van der Waals surface area contributed by atoms with E-state index in [1.165, 1.54) is 6.07 Å². The lowest BCUT2D eigenvalue weighted by molar-refractivity contribution is -0.147. The van der Waals surface area contributed by atoms with Crippen LogP contribution in [0.15, 0.2) is 60.7 Å². The number of aromatic nitrogens is 2. The van der Waals surface area contributed by atoms with Crippen molar-refractivity contribution in [2.45, 2.75) is 25.0 Å². The third-order valence-electron chi connectivity index (χ3n) is 5.12. The zero-order valence-corrected chi connectivity index (χ0v) is 18.3. The number of aliphatic hydroxyl groups is 2. The van der Waals surface area contributed by atoms with Crippen LogP contribution in [0.4, 0.5) is 0 Å². The van der Waals surface area contributed by atoms with Crippen molar-refractivity contribution in [3.63, 3.8) is 0 Å². The number of carbonyl (C=O) groups is 3. The number of carbonyl (C=O) groups excluding carboxylic acids is 2. The fourth-order valence-electron chi connectivity index (χ4n) is 3.39. The first-order valence-corrected chi connectivity index (χ1v) is 10.7. The number of H-pyrrole nitrogens is 1. The average Bonchev–Trinajstić information content (AvgIpc) is 3.34. The maximum Gasteiger partial charge on any atom is 0.332 e. The van der Waals surface area contributed by atoms with Gasteiger partial charge in [-0.25, -0.2) is 4.79 Å². The van der Waals surface area contributed by atoms with Crippen molar-refractivity contribution in [1.29, 1.82) is 0 Å². The number of amides is 2. The van der Waals surface area contributed by atoms with E-state index in [-0.39, 0.29) is 37.4 Å². The summed E-state index contributed by atoms with van der Waals surface area (Å²) in [6, 6.07) is 18.0. The number of carboxylic acids is 1. The van der Waals surface area contributed by atoms with E-state index in [0.717, 1.165) is 16.7 Å². The van der Waals surface area contributed by atoms with Crippen LogP contribution in [0.3, 0.4) is 0 Å². The largest absolute Gasteiger partial charge is 0.479 e. The summed E-state index contributed by atoms with van der Waals surface area (Å²) in [5.74, 6) is -2.54. The number of rotatable bonds is 11. The Balaban J connectivity index is 1.71. The normalized spacial score (nSPS) is 12.5. The summed E-state index contributed by atoms with van der Waals surface area (Å²) in [6.45, 7) is -0.186. The van der Waals surface area contributed by atoms with Crippen molar-refractivity contribution in [2.24, 2.45) is 0 Å². The molecule has 6 N–H and O–H groups in total. The van der Waals surface area contributed by atoms with E-state index in [1.807, 2.05) is 54.6 Å². The minimum atomic E-state index is -1.66. The van der Waals surface area contributed by atoms with Crippen LogP contribution in [0.5, 0.6) is 0 Å². The van der Waals surface area contributed by atoms with E-state index in [9.17, 15) is 19.5 Å². The summed E-state index contributed by atoms with van der Waals surface area (Å²) in [5.41, 5.74) is 2.88. The first kappa shape index (κ1) is 24.6. The monoisotopic (exact) mass is 466 g/mol. The summed E-state index contributed by atoms with van der Waals surface area (Å²) in [4.78, 5) is 35.8. The molecule has 10 heteroatoms. The maximum absolute atomic E-state index is 12.7. The molecule has 0 aliphatic rings. The minimum absolute atomic E-state index is 0.00314. The van der Waals surface area contributed by atoms with E-state index in [2.05, 4.69) is 20.8 Å². The van der Waals surface area contributed by atoms with Crippen molar-refractivity contribution >= 4 is 17.8 Å². The van der Waals surface area contributed by atoms with E-state index < -0.39 is 29.9 Å². The number of carboxylic acid groups (broad SMARTS) is 1. The summed E-state index contributed by atoms with van der Waals surface area (Å²) in [6.07, 6.45) is -1.58. The van der Waals surface area contributed by atoms with Crippen molar-refractivity contribution in [1.82, 2.24) is 20.8 Å². The Morgan fingerprint density at radius 1 is 0.971 bits per heavy atom. The Kier molecular flexibility index (Phi) is 8.49. The molecule has 2 atom stereocenters. The second kappa shape index (κ2) is 11.7. The van der Waals surface area contributed by atoms with Gasteiger partial charge in [-0.05, 0) is 23.1 Å². The Morgan fingerprint density at radius 2 is 1.65 bits per heavy atom. The van der Waals surface area contributed by atoms with Crippen LogP contribution < -0.4 is 10.6 Å². The Bertz CT molecular complexity index is 1110. The minimum Gasteiger partial charge on any atom is -0.479 e. The summed E-state index contributed by atoms with van der Waals surface area (Å²) in [5, 5.41) is 39.1. The number of nitrogens with one attached hydrogen (secondary N) is 3. The predicted octanol–water partition coefficient (Wildman–Crippen LogP) is 0.975. The smallest absolute Gasteiger partial charge is 0.332 e. The highest BCUT2D eigenvalue weighted by Crippen LogP contribution is 2.20. The van der Waals surface area contributed by atoms with Gasteiger partial charge in [0.1, 0.15) is 5.69 Å². The van der Waals surface area contributed by atoms with E-state index in [4.69, 9.17) is 10.2 Å². The standard InChI is InChI=1S/C24H26N4O6/c29-11-10-25-22(31)19-14-20(28-27-19)23(32)26-18(13-21(30)24(33)34)12-15-6-8-17(9-7-15)16-4-2-1-3-5-16/h1-9,14,18,21,29-30H,10-13H2,(H,25,31)(H,26,32)(H,27,28)(H,33,34). The molecule has 0 aliphatic heterocycles. The number of hydrogen-bond donors (Lipinski definition) is 6. The van der Waals surface area contributed by atoms with Gasteiger partial charge in [0.05, 0.1) is 6.61 Å². The molecule has 1 heterocycles. The van der Waals surface area contributed by atoms with Crippen LogP contribution in [0, 0.1) is 0 Å². The molecule has 0 fully saturated rings. The molecule has 178 valence electrons. The molecule has 1 aromatic heterocycles. The lowest BCUT2D eigenvalue weighted by Gasteiger charge is -2.20. The number of aliphatic hydroxyl groups excluding tert-OH is 2. The van der Waals surface area contributed by atoms with Gasteiger partial charge in [-0.1, -0.05) is 54.6 Å². The quantitative estimate of drug-likeness (QED) is 0.245. The van der Waals surface area contributed by atoms with E-state index in [1.54, 1.807) is 0 Å². The number of nitrogens with zero attached hydrogens (tertiary/aromatic N) is 1. The number of aliphatic carboxylic acids is 1. The highest BCUT2D eigenvalue weighted by molar-refractivity contribution is 5.97. The van der Waals surface area contributed by atoms with Gasteiger partial charge in [0.25, 0.3) is 11.8 Å². The van der Waals surface area contributed by atoms with Gasteiger partial charge in [-0.2, -0.15) is 5.10 Å². The first-order valence-electron chi connectivity index (χ1n) is 10.7. The summed E-state index contributed by atoms with van der Waals surface area (Å²) in [7, 11) is 0. The molecule has 0 saturated carbocycles. The van der Waals surface area contributed by atoms with Gasteiger partial charge in [-0.15, -0.1) is 0 Å². The molecular formula is C24H26N4O6. The molecule has 0 aliphatic carbocycles. The Hall–Kier alpha value is -4.02. The van der Waals surface area contributed by atoms with Crippen LogP contribution in [-0.2, 0) is 11.2 Å². The molecule has 2 aromatic carbocycles. The van der Waals surface area contributed by atoms with Crippen molar-refractivity contribution in [3.05, 3.63) is 77.6 Å².